The fraction of sp³-hybridized carbons (Fsp3) is 0.235. The molecule has 112 valence electrons. The number of fused-ring (bicyclic) bond motifs is 1. The number of benzene rings is 2. The van der Waals surface area contributed by atoms with Gasteiger partial charge in [0.05, 0.1) is 5.52 Å². The Labute approximate surface area is 133 Å². The molecular weight excluding hydrogens is 298 g/mol. The van der Waals surface area contributed by atoms with E-state index < -0.39 is 0 Å². The Morgan fingerprint density at radius 3 is 2.41 bits per heavy atom. The van der Waals surface area contributed by atoms with Crippen LogP contribution in [0.5, 0.6) is 0 Å². The summed E-state index contributed by atoms with van der Waals surface area (Å²) in [4.78, 5) is 12.6. The van der Waals surface area contributed by atoms with E-state index in [4.69, 9.17) is 11.6 Å². The summed E-state index contributed by atoms with van der Waals surface area (Å²) >= 11 is 5.92. The minimum absolute atomic E-state index is 0.0538. The van der Waals surface area contributed by atoms with E-state index in [1.807, 2.05) is 24.3 Å². The van der Waals surface area contributed by atoms with E-state index in [0.29, 0.717) is 21.6 Å². The highest BCUT2D eigenvalue weighted by molar-refractivity contribution is 6.31. The molecule has 22 heavy (non-hydrogen) atoms. The zero-order valence-corrected chi connectivity index (χ0v) is 13.4. The van der Waals surface area contributed by atoms with Crippen LogP contribution in [0.15, 0.2) is 42.5 Å². The Bertz CT molecular complexity index is 844. The van der Waals surface area contributed by atoms with Crippen molar-refractivity contribution in [3.63, 3.8) is 0 Å². The van der Waals surface area contributed by atoms with Gasteiger partial charge in [-0.1, -0.05) is 49.7 Å². The molecule has 4 nitrogen and oxygen atoms in total. The SMILES string of the molecule is CC(C)(C)c1ccc(C(=O)n2nnc3cc(Cl)ccc32)cc1. The third kappa shape index (κ3) is 2.62. The van der Waals surface area contributed by atoms with Gasteiger partial charge in [-0.2, -0.15) is 4.68 Å². The average molecular weight is 314 g/mol. The van der Waals surface area contributed by atoms with Gasteiger partial charge in [-0.3, -0.25) is 4.79 Å². The summed E-state index contributed by atoms with van der Waals surface area (Å²) in [5.41, 5.74) is 3.06. The molecule has 3 rings (SSSR count). The lowest BCUT2D eigenvalue weighted by Gasteiger charge is -2.18. The fourth-order valence-electron chi connectivity index (χ4n) is 2.28. The zero-order valence-electron chi connectivity index (χ0n) is 12.7. The van der Waals surface area contributed by atoms with Crippen LogP contribution in [-0.2, 0) is 5.41 Å². The van der Waals surface area contributed by atoms with Crippen molar-refractivity contribution in [2.24, 2.45) is 0 Å². The van der Waals surface area contributed by atoms with Crippen LogP contribution in [0.1, 0.15) is 36.7 Å². The molecule has 5 heteroatoms. The van der Waals surface area contributed by atoms with Gasteiger partial charge in [0.15, 0.2) is 0 Å². The van der Waals surface area contributed by atoms with Gasteiger partial charge in [0.25, 0.3) is 5.91 Å². The summed E-state index contributed by atoms with van der Waals surface area (Å²) in [5, 5.41) is 8.50. The molecule has 2 aromatic carbocycles. The van der Waals surface area contributed by atoms with Crippen molar-refractivity contribution in [1.82, 2.24) is 15.0 Å². The molecule has 0 aliphatic carbocycles. The quantitative estimate of drug-likeness (QED) is 0.680. The summed E-state index contributed by atoms with van der Waals surface area (Å²) < 4.78 is 1.30. The molecule has 1 heterocycles. The number of hydrogen-bond acceptors (Lipinski definition) is 3. The van der Waals surface area contributed by atoms with Crippen molar-refractivity contribution in [1.29, 1.82) is 0 Å². The Balaban J connectivity index is 1.99. The Hall–Kier alpha value is -2.20. The van der Waals surface area contributed by atoms with Crippen LogP contribution in [0.2, 0.25) is 5.02 Å². The number of hydrogen-bond donors (Lipinski definition) is 0. The normalized spacial score (nSPS) is 11.8. The number of carbonyl (C=O) groups excluding carboxylic acids is 1. The predicted octanol–water partition coefficient (Wildman–Crippen LogP) is 4.07. The van der Waals surface area contributed by atoms with Crippen molar-refractivity contribution in [3.8, 4) is 0 Å². The highest BCUT2D eigenvalue weighted by Crippen LogP contribution is 2.23. The predicted molar refractivity (Wildman–Crippen MR) is 87.4 cm³/mol. The molecule has 0 saturated heterocycles. The van der Waals surface area contributed by atoms with Crippen LogP contribution >= 0.6 is 11.6 Å². The monoisotopic (exact) mass is 313 g/mol. The lowest BCUT2D eigenvalue weighted by molar-refractivity contribution is 0.0948. The van der Waals surface area contributed by atoms with E-state index in [1.54, 1.807) is 18.2 Å². The first-order valence-electron chi connectivity index (χ1n) is 7.02. The summed E-state index contributed by atoms with van der Waals surface area (Å²) in [6, 6.07) is 12.8. The molecule has 1 aromatic heterocycles. The molecule has 0 N–H and O–H groups in total. The lowest BCUT2D eigenvalue weighted by atomic mass is 9.87. The first-order chi connectivity index (χ1) is 10.4. The second-order valence-corrected chi connectivity index (χ2v) is 6.70. The van der Waals surface area contributed by atoms with E-state index >= 15 is 0 Å². The second-order valence-electron chi connectivity index (χ2n) is 6.27. The minimum atomic E-state index is -0.203. The first-order valence-corrected chi connectivity index (χ1v) is 7.40. The fourth-order valence-corrected chi connectivity index (χ4v) is 2.45. The number of halogens is 1. The minimum Gasteiger partial charge on any atom is -0.267 e. The summed E-state index contributed by atoms with van der Waals surface area (Å²) in [6.07, 6.45) is 0. The van der Waals surface area contributed by atoms with Crippen LogP contribution < -0.4 is 0 Å². The topological polar surface area (TPSA) is 47.8 Å². The molecule has 0 fully saturated rings. The summed E-state index contributed by atoms with van der Waals surface area (Å²) in [6.45, 7) is 6.41. The van der Waals surface area contributed by atoms with Gasteiger partial charge in [0.2, 0.25) is 0 Å². The third-order valence-electron chi connectivity index (χ3n) is 3.60. The smallest absolute Gasteiger partial charge is 0.267 e. The van der Waals surface area contributed by atoms with Gasteiger partial charge in [0, 0.05) is 10.6 Å². The molecule has 0 spiro atoms. The summed E-state index contributed by atoms with van der Waals surface area (Å²) in [7, 11) is 0. The van der Waals surface area contributed by atoms with E-state index in [1.165, 1.54) is 10.2 Å². The van der Waals surface area contributed by atoms with Crippen LogP contribution in [0.25, 0.3) is 11.0 Å². The molecule has 0 bridgehead atoms. The van der Waals surface area contributed by atoms with E-state index in [9.17, 15) is 4.79 Å². The van der Waals surface area contributed by atoms with Gasteiger partial charge in [0.1, 0.15) is 5.52 Å². The maximum absolute atomic E-state index is 12.6. The van der Waals surface area contributed by atoms with Crippen LogP contribution in [0.3, 0.4) is 0 Å². The summed E-state index contributed by atoms with van der Waals surface area (Å²) in [5.74, 6) is -0.203. The average Bonchev–Trinajstić information content (AvgIpc) is 2.88. The molecule has 0 amide bonds. The van der Waals surface area contributed by atoms with Crippen molar-refractivity contribution in [3.05, 3.63) is 58.6 Å². The van der Waals surface area contributed by atoms with Gasteiger partial charge in [-0.05, 0) is 41.3 Å². The highest BCUT2D eigenvalue weighted by Gasteiger charge is 2.17. The number of carbonyl (C=O) groups is 1. The van der Waals surface area contributed by atoms with Gasteiger partial charge in [-0.25, -0.2) is 0 Å². The lowest BCUT2D eigenvalue weighted by Crippen LogP contribution is -2.15. The molecule has 0 radical (unpaired) electrons. The molecule has 0 aliphatic heterocycles. The Morgan fingerprint density at radius 2 is 1.77 bits per heavy atom. The molecule has 3 aromatic rings. The van der Waals surface area contributed by atoms with Gasteiger partial charge < -0.3 is 0 Å². The maximum atomic E-state index is 12.6. The number of aromatic nitrogens is 3. The maximum Gasteiger partial charge on any atom is 0.280 e. The standard InChI is InChI=1S/C17H16ClN3O/c1-17(2,3)12-6-4-11(5-7-12)16(22)21-15-9-8-13(18)10-14(15)19-20-21/h4-10H,1-3H3. The first kappa shape index (κ1) is 14.7. The molecular formula is C17H16ClN3O. The molecule has 0 unspecified atom stereocenters. The Morgan fingerprint density at radius 1 is 1.09 bits per heavy atom. The van der Waals surface area contributed by atoms with Gasteiger partial charge >= 0.3 is 0 Å². The van der Waals surface area contributed by atoms with Crippen molar-refractivity contribution in [2.75, 3.05) is 0 Å². The van der Waals surface area contributed by atoms with Crippen molar-refractivity contribution < 1.29 is 4.79 Å². The molecule has 0 aliphatic rings. The van der Waals surface area contributed by atoms with Crippen LogP contribution in [-0.4, -0.2) is 20.9 Å². The zero-order chi connectivity index (χ0) is 15.9. The molecule has 0 saturated carbocycles. The number of nitrogens with zero attached hydrogens (tertiary/aromatic N) is 3. The van der Waals surface area contributed by atoms with E-state index in [2.05, 4.69) is 31.1 Å². The Kier molecular flexibility index (Phi) is 3.49. The largest absolute Gasteiger partial charge is 0.280 e. The van der Waals surface area contributed by atoms with E-state index in [0.717, 1.165) is 0 Å². The molecule has 0 atom stereocenters. The second kappa shape index (κ2) is 5.21. The number of rotatable bonds is 1. The van der Waals surface area contributed by atoms with Crippen molar-refractivity contribution in [2.45, 2.75) is 26.2 Å². The van der Waals surface area contributed by atoms with E-state index in [-0.39, 0.29) is 11.3 Å². The highest BCUT2D eigenvalue weighted by atomic mass is 35.5. The van der Waals surface area contributed by atoms with Gasteiger partial charge in [-0.15, -0.1) is 5.10 Å². The third-order valence-corrected chi connectivity index (χ3v) is 3.83. The van der Waals surface area contributed by atoms with Crippen LogP contribution in [0.4, 0.5) is 0 Å². The van der Waals surface area contributed by atoms with Crippen LogP contribution in [0, 0.1) is 0 Å². The van der Waals surface area contributed by atoms with Crippen molar-refractivity contribution >= 4 is 28.5 Å².